The highest BCUT2D eigenvalue weighted by atomic mass is 35.5. The lowest BCUT2D eigenvalue weighted by Gasteiger charge is -2.30. The number of piperidine rings is 1. The van der Waals surface area contributed by atoms with Crippen molar-refractivity contribution in [1.82, 2.24) is 10.4 Å². The maximum atomic E-state index is 13.2. The molecule has 0 aliphatic carbocycles. The summed E-state index contributed by atoms with van der Waals surface area (Å²) in [5.41, 5.74) is 5.23. The Morgan fingerprint density at radius 3 is 2.29 bits per heavy atom. The van der Waals surface area contributed by atoms with Crippen LogP contribution in [0, 0.1) is 11.8 Å². The van der Waals surface area contributed by atoms with Crippen LogP contribution in [0.1, 0.15) is 38.3 Å². The number of hydrogen-bond acceptors (Lipinski definition) is 4. The molecule has 0 bridgehead atoms. The van der Waals surface area contributed by atoms with Gasteiger partial charge in [-0.05, 0) is 54.7 Å². The third-order valence-electron chi connectivity index (χ3n) is 6.03. The minimum absolute atomic E-state index is 0.156. The predicted molar refractivity (Wildman–Crippen MR) is 128 cm³/mol. The van der Waals surface area contributed by atoms with E-state index in [9.17, 15) is 4.79 Å². The van der Waals surface area contributed by atoms with Gasteiger partial charge in [-0.1, -0.05) is 60.8 Å². The van der Waals surface area contributed by atoms with Gasteiger partial charge in [0, 0.05) is 29.1 Å². The fourth-order valence-corrected chi connectivity index (χ4v) is 4.79. The van der Waals surface area contributed by atoms with Crippen molar-refractivity contribution in [2.75, 3.05) is 18.1 Å². The van der Waals surface area contributed by atoms with E-state index in [1.165, 1.54) is 0 Å². The van der Waals surface area contributed by atoms with Gasteiger partial charge in [0.05, 0.1) is 16.8 Å². The second-order valence-electron chi connectivity index (χ2n) is 8.32. The lowest BCUT2D eigenvalue weighted by atomic mass is 9.91. The van der Waals surface area contributed by atoms with Crippen molar-refractivity contribution in [3.05, 3.63) is 63.1 Å². The standard InChI is InChI=1S/C23H25Cl3N4O/c1-14-9-11-29(12-10-14)28-23(31)21-15(2)22(16-3-5-17(24)6-4-16)30(27-21)20-8-7-18(25)13-19(20)26/h3-8,13-15,22H,9-12H2,1-2H3,(H,28,31)/t15-,22+/m1/s1. The van der Waals surface area contributed by atoms with Gasteiger partial charge in [0.1, 0.15) is 5.71 Å². The first-order valence-electron chi connectivity index (χ1n) is 10.5. The summed E-state index contributed by atoms with van der Waals surface area (Å²) in [6.07, 6.45) is 2.14. The largest absolute Gasteiger partial charge is 0.284 e. The Bertz CT molecular complexity index is 987. The molecule has 1 saturated heterocycles. The first kappa shape index (κ1) is 22.4. The van der Waals surface area contributed by atoms with Gasteiger partial charge in [-0.15, -0.1) is 0 Å². The van der Waals surface area contributed by atoms with E-state index in [0.717, 1.165) is 31.5 Å². The Kier molecular flexibility index (Phi) is 6.77. The number of hydrazine groups is 1. The lowest BCUT2D eigenvalue weighted by Crippen LogP contribution is -2.49. The number of amides is 1. The van der Waals surface area contributed by atoms with Gasteiger partial charge < -0.3 is 0 Å². The minimum atomic E-state index is -0.196. The molecule has 4 rings (SSSR count). The fraction of sp³-hybridized carbons (Fsp3) is 0.391. The Morgan fingerprint density at radius 2 is 1.65 bits per heavy atom. The second kappa shape index (κ2) is 9.37. The molecule has 164 valence electrons. The number of carbonyl (C=O) groups excluding carboxylic acids is 1. The summed E-state index contributed by atoms with van der Waals surface area (Å²) in [4.78, 5) is 13.2. The van der Waals surface area contributed by atoms with Crippen LogP contribution in [0.15, 0.2) is 47.6 Å². The highest BCUT2D eigenvalue weighted by Crippen LogP contribution is 2.42. The number of halogens is 3. The van der Waals surface area contributed by atoms with E-state index in [2.05, 4.69) is 12.3 Å². The SMILES string of the molecule is CC1CCN(NC(=O)C2=NN(c3ccc(Cl)cc3Cl)[C@H](c3ccc(Cl)cc3)[C@@H]2C)CC1. The molecule has 2 aliphatic heterocycles. The number of benzene rings is 2. The highest BCUT2D eigenvalue weighted by Gasteiger charge is 2.40. The molecule has 2 aliphatic rings. The number of hydrazone groups is 1. The van der Waals surface area contributed by atoms with Crippen LogP contribution in [0.25, 0.3) is 0 Å². The molecule has 2 atom stereocenters. The molecule has 1 fully saturated rings. The summed E-state index contributed by atoms with van der Waals surface area (Å²) in [6, 6.07) is 12.7. The number of nitrogens with zero attached hydrogens (tertiary/aromatic N) is 3. The molecule has 0 spiro atoms. The van der Waals surface area contributed by atoms with Gasteiger partial charge in [-0.3, -0.25) is 15.2 Å². The first-order chi connectivity index (χ1) is 14.8. The van der Waals surface area contributed by atoms with Gasteiger partial charge in [0.15, 0.2) is 0 Å². The molecule has 2 aromatic carbocycles. The molecule has 5 nitrogen and oxygen atoms in total. The third-order valence-corrected chi connectivity index (χ3v) is 6.82. The van der Waals surface area contributed by atoms with E-state index in [-0.39, 0.29) is 17.9 Å². The normalized spacial score (nSPS) is 22.5. The quantitative estimate of drug-likeness (QED) is 0.588. The molecule has 0 radical (unpaired) electrons. The van der Waals surface area contributed by atoms with Gasteiger partial charge >= 0.3 is 0 Å². The Morgan fingerprint density at radius 1 is 1.00 bits per heavy atom. The third kappa shape index (κ3) is 4.85. The molecule has 0 unspecified atom stereocenters. The van der Waals surface area contributed by atoms with E-state index in [4.69, 9.17) is 39.9 Å². The Hall–Kier alpha value is -1.79. The molecule has 31 heavy (non-hydrogen) atoms. The van der Waals surface area contributed by atoms with Gasteiger partial charge in [0.25, 0.3) is 5.91 Å². The zero-order valence-electron chi connectivity index (χ0n) is 17.5. The summed E-state index contributed by atoms with van der Waals surface area (Å²) in [5, 5.41) is 10.2. The van der Waals surface area contributed by atoms with Crippen LogP contribution in [0.2, 0.25) is 15.1 Å². The molecule has 2 aromatic rings. The van der Waals surface area contributed by atoms with E-state index < -0.39 is 0 Å². The first-order valence-corrected chi connectivity index (χ1v) is 11.6. The van der Waals surface area contributed by atoms with Crippen LogP contribution >= 0.6 is 34.8 Å². The van der Waals surface area contributed by atoms with E-state index >= 15 is 0 Å². The monoisotopic (exact) mass is 478 g/mol. The van der Waals surface area contributed by atoms with Gasteiger partial charge in [-0.2, -0.15) is 5.10 Å². The molecule has 0 saturated carbocycles. The zero-order chi connectivity index (χ0) is 22.1. The second-order valence-corrected chi connectivity index (χ2v) is 9.60. The van der Waals surface area contributed by atoms with E-state index in [1.54, 1.807) is 12.1 Å². The number of anilines is 1. The summed E-state index contributed by atoms with van der Waals surface area (Å²) < 4.78 is 0. The molecular formula is C23H25Cl3N4O. The summed E-state index contributed by atoms with van der Waals surface area (Å²) >= 11 is 18.7. The topological polar surface area (TPSA) is 47.9 Å². The lowest BCUT2D eigenvalue weighted by molar-refractivity contribution is -0.120. The van der Waals surface area contributed by atoms with Crippen molar-refractivity contribution >= 4 is 52.1 Å². The summed E-state index contributed by atoms with van der Waals surface area (Å²) in [7, 11) is 0. The molecule has 1 amide bonds. The van der Waals surface area contributed by atoms with Crippen LogP contribution < -0.4 is 10.4 Å². The molecular weight excluding hydrogens is 455 g/mol. The average molecular weight is 480 g/mol. The maximum Gasteiger partial charge on any atom is 0.282 e. The molecule has 2 heterocycles. The predicted octanol–water partition coefficient (Wildman–Crippen LogP) is 5.96. The van der Waals surface area contributed by atoms with E-state index in [1.807, 2.05) is 47.3 Å². The van der Waals surface area contributed by atoms with Crippen molar-refractivity contribution in [3.63, 3.8) is 0 Å². The van der Waals surface area contributed by atoms with Crippen LogP contribution in [-0.4, -0.2) is 29.7 Å². The van der Waals surface area contributed by atoms with Crippen molar-refractivity contribution in [3.8, 4) is 0 Å². The van der Waals surface area contributed by atoms with Crippen LogP contribution in [0.5, 0.6) is 0 Å². The number of nitrogens with one attached hydrogen (secondary N) is 1. The van der Waals surface area contributed by atoms with Gasteiger partial charge in [-0.25, -0.2) is 5.01 Å². The van der Waals surface area contributed by atoms with Crippen molar-refractivity contribution in [2.45, 2.75) is 32.7 Å². The molecule has 0 aromatic heterocycles. The zero-order valence-corrected chi connectivity index (χ0v) is 19.8. The highest BCUT2D eigenvalue weighted by molar-refractivity contribution is 6.41. The van der Waals surface area contributed by atoms with Crippen LogP contribution in [-0.2, 0) is 4.79 Å². The number of rotatable bonds is 4. The van der Waals surface area contributed by atoms with Crippen LogP contribution in [0.3, 0.4) is 0 Å². The fourth-order valence-electron chi connectivity index (χ4n) is 4.16. The minimum Gasteiger partial charge on any atom is -0.284 e. The smallest absolute Gasteiger partial charge is 0.282 e. The van der Waals surface area contributed by atoms with Crippen molar-refractivity contribution in [1.29, 1.82) is 0 Å². The summed E-state index contributed by atoms with van der Waals surface area (Å²) in [5.74, 6) is 0.359. The summed E-state index contributed by atoms with van der Waals surface area (Å²) in [6.45, 7) is 5.95. The molecule has 1 N–H and O–H groups in total. The Balaban J connectivity index is 1.65. The van der Waals surface area contributed by atoms with Gasteiger partial charge in [0.2, 0.25) is 0 Å². The van der Waals surface area contributed by atoms with Crippen molar-refractivity contribution < 1.29 is 4.79 Å². The van der Waals surface area contributed by atoms with Crippen molar-refractivity contribution in [2.24, 2.45) is 16.9 Å². The number of carbonyl (C=O) groups is 1. The molecule has 8 heteroatoms. The Labute approximate surface area is 197 Å². The average Bonchev–Trinajstić information content (AvgIpc) is 3.07. The number of hydrogen-bond donors (Lipinski definition) is 1. The van der Waals surface area contributed by atoms with E-state index in [0.29, 0.717) is 32.4 Å². The van der Waals surface area contributed by atoms with Crippen LogP contribution in [0.4, 0.5) is 5.69 Å². The maximum absolute atomic E-state index is 13.2.